The highest BCUT2D eigenvalue weighted by Gasteiger charge is 2.75. The van der Waals surface area contributed by atoms with Crippen LogP contribution in [0.5, 0.6) is 0 Å². The second-order valence-corrected chi connectivity index (χ2v) is 9.87. The zero-order valence-electron chi connectivity index (χ0n) is 21.6. The van der Waals surface area contributed by atoms with E-state index in [1.807, 2.05) is 52.3 Å². The van der Waals surface area contributed by atoms with Crippen molar-refractivity contribution in [1.29, 1.82) is 0 Å². The molecule has 2 fully saturated rings. The van der Waals surface area contributed by atoms with E-state index < -0.39 is 40.6 Å². The fourth-order valence-electron chi connectivity index (χ4n) is 6.42. The molecule has 4 atom stereocenters. The summed E-state index contributed by atoms with van der Waals surface area (Å²) >= 11 is 0. The molecule has 9 heteroatoms. The summed E-state index contributed by atoms with van der Waals surface area (Å²) in [5, 5.41) is 0. The Bertz CT molecular complexity index is 1240. The second kappa shape index (κ2) is 10.1. The van der Waals surface area contributed by atoms with Crippen molar-refractivity contribution in [3.8, 4) is 0 Å². The first-order valence-electron chi connectivity index (χ1n) is 12.4. The van der Waals surface area contributed by atoms with Crippen LogP contribution in [0.1, 0.15) is 29.0 Å². The van der Waals surface area contributed by atoms with Crippen molar-refractivity contribution in [3.05, 3.63) is 96.1 Å². The van der Waals surface area contributed by atoms with Crippen molar-refractivity contribution < 1.29 is 23.9 Å². The minimum absolute atomic E-state index is 0.0483. The number of ketones is 1. The largest absolute Gasteiger partial charge is 0.468 e. The molecule has 5 rings (SSSR count). The van der Waals surface area contributed by atoms with Crippen molar-refractivity contribution in [3.63, 3.8) is 0 Å². The van der Waals surface area contributed by atoms with Gasteiger partial charge in [0.25, 0.3) is 0 Å². The number of fused-ring (bicyclic) bond motifs is 2. The summed E-state index contributed by atoms with van der Waals surface area (Å²) in [4.78, 5) is 55.5. The monoisotopic (exact) mass is 514 g/mol. The number of ether oxygens (including phenoxy) is 2. The van der Waals surface area contributed by atoms with Crippen molar-refractivity contribution in [2.75, 3.05) is 34.4 Å². The van der Waals surface area contributed by atoms with Gasteiger partial charge in [0.2, 0.25) is 0 Å². The van der Waals surface area contributed by atoms with Crippen molar-refractivity contribution >= 4 is 17.7 Å². The summed E-state index contributed by atoms with van der Waals surface area (Å²) in [7, 11) is 4.33. The third-order valence-electron chi connectivity index (χ3n) is 7.79. The summed E-state index contributed by atoms with van der Waals surface area (Å²) in [5.41, 5.74) is -1.46. The fourth-order valence-corrected chi connectivity index (χ4v) is 6.42. The van der Waals surface area contributed by atoms with Gasteiger partial charge in [-0.15, -0.1) is 0 Å². The number of esters is 2. The van der Waals surface area contributed by atoms with Crippen LogP contribution in [0.3, 0.4) is 0 Å². The van der Waals surface area contributed by atoms with Crippen LogP contribution in [0.4, 0.5) is 0 Å². The number of nitrogens with zero attached hydrogens (tertiary/aromatic N) is 4. The Kier molecular flexibility index (Phi) is 6.81. The van der Waals surface area contributed by atoms with Crippen LogP contribution >= 0.6 is 0 Å². The summed E-state index contributed by atoms with van der Waals surface area (Å²) in [6.45, 7) is 0.512. The van der Waals surface area contributed by atoms with Crippen LogP contribution in [0.15, 0.2) is 79.1 Å². The van der Waals surface area contributed by atoms with Crippen LogP contribution in [0.2, 0.25) is 0 Å². The zero-order chi connectivity index (χ0) is 26.9. The Morgan fingerprint density at radius 2 is 1.29 bits per heavy atom. The highest BCUT2D eigenvalue weighted by Crippen LogP contribution is 2.60. The summed E-state index contributed by atoms with van der Waals surface area (Å²) in [5.74, 6) is -1.96. The van der Waals surface area contributed by atoms with E-state index in [4.69, 9.17) is 9.47 Å². The lowest BCUT2D eigenvalue weighted by Crippen LogP contribution is -2.75. The Balaban J connectivity index is 1.80. The maximum atomic E-state index is 14.9. The van der Waals surface area contributed by atoms with Gasteiger partial charge in [-0.05, 0) is 36.9 Å². The summed E-state index contributed by atoms with van der Waals surface area (Å²) in [6.07, 6.45) is 3.25. The van der Waals surface area contributed by atoms with Crippen molar-refractivity contribution in [2.24, 2.45) is 10.8 Å². The van der Waals surface area contributed by atoms with Gasteiger partial charge in [0.05, 0.1) is 37.7 Å². The first-order chi connectivity index (χ1) is 18.4. The molecule has 1 aromatic carbocycles. The molecule has 2 bridgehead atoms. The average molecular weight is 515 g/mol. The van der Waals surface area contributed by atoms with Crippen molar-refractivity contribution in [2.45, 2.75) is 18.6 Å². The predicted octanol–water partition coefficient (Wildman–Crippen LogP) is 2.61. The number of hydrogen-bond donors (Lipinski definition) is 0. The van der Waals surface area contributed by atoms with Gasteiger partial charge in [-0.2, -0.15) is 0 Å². The van der Waals surface area contributed by atoms with Crippen LogP contribution in [0.25, 0.3) is 0 Å². The molecule has 0 saturated carbocycles. The molecule has 0 spiro atoms. The minimum Gasteiger partial charge on any atom is -0.468 e. The molecule has 2 aliphatic rings. The maximum absolute atomic E-state index is 14.9. The number of benzene rings is 1. The highest BCUT2D eigenvalue weighted by atomic mass is 16.5. The second-order valence-electron chi connectivity index (χ2n) is 9.87. The average Bonchev–Trinajstić information content (AvgIpc) is 2.95. The number of aromatic nitrogens is 2. The van der Waals surface area contributed by atoms with E-state index in [1.165, 1.54) is 14.2 Å². The normalized spacial score (nSPS) is 27.5. The van der Waals surface area contributed by atoms with E-state index in [-0.39, 0.29) is 13.1 Å². The van der Waals surface area contributed by atoms with Crippen LogP contribution in [0, 0.1) is 10.8 Å². The number of methoxy groups -OCH3 is 2. The highest BCUT2D eigenvalue weighted by molar-refractivity contribution is 6.17. The van der Waals surface area contributed by atoms with Gasteiger partial charge in [0.1, 0.15) is 0 Å². The molecule has 0 aliphatic carbocycles. The first kappa shape index (κ1) is 25.7. The molecule has 2 aliphatic heterocycles. The van der Waals surface area contributed by atoms with E-state index in [2.05, 4.69) is 9.97 Å². The van der Waals surface area contributed by atoms with Gasteiger partial charge in [0, 0.05) is 32.0 Å². The molecule has 0 radical (unpaired) electrons. The first-order valence-corrected chi connectivity index (χ1v) is 12.4. The van der Waals surface area contributed by atoms with Crippen LogP contribution < -0.4 is 0 Å². The molecule has 2 saturated heterocycles. The molecule has 2 aromatic heterocycles. The third kappa shape index (κ3) is 3.81. The number of Topliss-reactive ketones (excluding diaryl/α,β-unsaturated/α-hetero) is 1. The molecule has 4 heterocycles. The van der Waals surface area contributed by atoms with Gasteiger partial charge in [0.15, 0.2) is 16.6 Å². The lowest BCUT2D eigenvalue weighted by molar-refractivity contribution is -0.204. The molecule has 0 N–H and O–H groups in total. The third-order valence-corrected chi connectivity index (χ3v) is 7.79. The topological polar surface area (TPSA) is 102 Å². The lowest BCUT2D eigenvalue weighted by atomic mass is 9.54. The quantitative estimate of drug-likeness (QED) is 0.363. The van der Waals surface area contributed by atoms with Gasteiger partial charge in [-0.3, -0.25) is 34.2 Å². The van der Waals surface area contributed by atoms with Crippen LogP contribution in [-0.2, 0) is 30.4 Å². The van der Waals surface area contributed by atoms with E-state index in [9.17, 15) is 14.4 Å². The van der Waals surface area contributed by atoms with Gasteiger partial charge < -0.3 is 9.47 Å². The molecule has 196 valence electrons. The Morgan fingerprint density at radius 3 is 1.71 bits per heavy atom. The Morgan fingerprint density at radius 1 is 0.816 bits per heavy atom. The Labute approximate surface area is 221 Å². The lowest BCUT2D eigenvalue weighted by Gasteiger charge is -2.60. The van der Waals surface area contributed by atoms with Crippen molar-refractivity contribution in [1.82, 2.24) is 19.8 Å². The van der Waals surface area contributed by atoms with Gasteiger partial charge in [-0.1, -0.05) is 42.5 Å². The molecule has 38 heavy (non-hydrogen) atoms. The number of likely N-dealkylation sites (tertiary alicyclic amines) is 2. The molecule has 0 amide bonds. The number of pyridine rings is 2. The zero-order valence-corrected chi connectivity index (χ0v) is 21.6. The Hall–Kier alpha value is -3.95. The SMILES string of the molecule is COC(=O)C12CN(Cc3ccccc3)CC(C(=O)OC)(C1=O)C(c1ccccn1)N(C)C2c1ccccn1. The molecular formula is C29H30N4O5. The van der Waals surface area contributed by atoms with E-state index in [0.717, 1.165) is 5.56 Å². The van der Waals surface area contributed by atoms with Crippen LogP contribution in [-0.4, -0.2) is 71.8 Å². The number of hydrogen-bond acceptors (Lipinski definition) is 9. The predicted molar refractivity (Wildman–Crippen MR) is 137 cm³/mol. The smallest absolute Gasteiger partial charge is 0.322 e. The van der Waals surface area contributed by atoms with Gasteiger partial charge >= 0.3 is 11.9 Å². The van der Waals surface area contributed by atoms with E-state index >= 15 is 0 Å². The maximum Gasteiger partial charge on any atom is 0.322 e. The van der Waals surface area contributed by atoms with E-state index in [0.29, 0.717) is 17.9 Å². The molecular weight excluding hydrogens is 484 g/mol. The standard InChI is InChI=1S/C29H30N4O5/c1-32-23(21-13-7-9-15-30-21)28(26(35)37-2)18-33(17-20-11-5-4-6-12-20)19-29(25(28)34,27(36)38-3)24(32)22-14-8-10-16-31-22/h4-16,23-24H,17-19H2,1-3H3. The summed E-state index contributed by atoms with van der Waals surface area (Å²) in [6, 6.07) is 18.8. The number of rotatable bonds is 6. The number of piperidine rings is 2. The number of carbonyl (C=O) groups excluding carboxylic acids is 3. The number of carbonyl (C=O) groups is 3. The molecule has 9 nitrogen and oxygen atoms in total. The fraction of sp³-hybridized carbons (Fsp3) is 0.345. The molecule has 3 aromatic rings. The summed E-state index contributed by atoms with van der Waals surface area (Å²) < 4.78 is 10.7. The molecule has 4 unspecified atom stereocenters. The van der Waals surface area contributed by atoms with Gasteiger partial charge in [-0.25, -0.2) is 0 Å². The minimum atomic E-state index is -1.75. The van der Waals surface area contributed by atoms with E-state index in [1.54, 1.807) is 43.7 Å².